The van der Waals surface area contributed by atoms with Crippen LogP contribution in [0.15, 0.2) is 35.6 Å². The Morgan fingerprint density at radius 1 is 1.32 bits per heavy atom. The second-order valence-electron chi connectivity index (χ2n) is 4.46. The summed E-state index contributed by atoms with van der Waals surface area (Å²) < 4.78 is 1.56. The number of aryl methyl sites for hydroxylation is 1. The summed E-state index contributed by atoms with van der Waals surface area (Å²) in [5.74, 6) is 0.740. The summed E-state index contributed by atoms with van der Waals surface area (Å²) in [6.45, 7) is 3.83. The van der Waals surface area contributed by atoms with E-state index in [4.69, 9.17) is 0 Å². The zero-order chi connectivity index (χ0) is 13.4. The quantitative estimate of drug-likeness (QED) is 0.751. The molecule has 96 valence electrons. The fraction of sp³-hybridized carbons (Fsp3) is 0.231. The molecular weight excluding hydrogens is 242 g/mol. The van der Waals surface area contributed by atoms with E-state index in [0.29, 0.717) is 11.0 Å². The van der Waals surface area contributed by atoms with Crippen LogP contribution in [-0.2, 0) is 0 Å². The maximum Gasteiger partial charge on any atom is 0.263 e. The van der Waals surface area contributed by atoms with Crippen LogP contribution in [0.2, 0.25) is 0 Å². The van der Waals surface area contributed by atoms with Crippen LogP contribution in [0.4, 0.5) is 0 Å². The van der Waals surface area contributed by atoms with Crippen LogP contribution in [0.3, 0.4) is 0 Å². The van der Waals surface area contributed by atoms with E-state index >= 15 is 0 Å². The zero-order valence-corrected chi connectivity index (χ0v) is 10.7. The van der Waals surface area contributed by atoms with Gasteiger partial charge in [-0.15, -0.1) is 0 Å². The average molecular weight is 255 g/mol. The molecule has 0 aliphatic rings. The lowest BCUT2D eigenvalue weighted by molar-refractivity contribution is 0.579. The molecule has 19 heavy (non-hydrogen) atoms. The molecule has 1 N–H and O–H groups in total. The number of fused-ring (bicyclic) bond motifs is 1. The van der Waals surface area contributed by atoms with Gasteiger partial charge in [0, 0.05) is 18.1 Å². The number of nitrogens with zero attached hydrogens (tertiary/aromatic N) is 4. The third-order valence-electron chi connectivity index (χ3n) is 3.09. The van der Waals surface area contributed by atoms with Crippen LogP contribution < -0.4 is 5.56 Å². The standard InChI is InChI=1S/C13H13N5O/c1-8-6-15-11(17-8)9(2)18-7-16-12-10(13(18)19)4-3-5-14-12/h3-7,9H,1-2H3,(H,15,17). The Kier molecular flexibility index (Phi) is 2.63. The van der Waals surface area contributed by atoms with Gasteiger partial charge in [-0.1, -0.05) is 0 Å². The van der Waals surface area contributed by atoms with Crippen molar-refractivity contribution in [1.82, 2.24) is 24.5 Å². The number of hydrogen-bond acceptors (Lipinski definition) is 4. The second-order valence-corrected chi connectivity index (χ2v) is 4.46. The smallest absolute Gasteiger partial charge is 0.263 e. The largest absolute Gasteiger partial charge is 0.344 e. The fourth-order valence-electron chi connectivity index (χ4n) is 2.03. The minimum absolute atomic E-state index is 0.111. The van der Waals surface area contributed by atoms with Crippen LogP contribution >= 0.6 is 0 Å². The van der Waals surface area contributed by atoms with Gasteiger partial charge in [0.1, 0.15) is 12.2 Å². The molecule has 0 aliphatic carbocycles. The van der Waals surface area contributed by atoms with Gasteiger partial charge < -0.3 is 4.98 Å². The van der Waals surface area contributed by atoms with Gasteiger partial charge >= 0.3 is 0 Å². The first-order valence-corrected chi connectivity index (χ1v) is 6.00. The van der Waals surface area contributed by atoms with E-state index in [1.54, 1.807) is 29.1 Å². The lowest BCUT2D eigenvalue weighted by Crippen LogP contribution is -2.25. The molecule has 0 saturated carbocycles. The molecule has 3 aromatic heterocycles. The Morgan fingerprint density at radius 2 is 2.16 bits per heavy atom. The van der Waals surface area contributed by atoms with Crippen LogP contribution in [-0.4, -0.2) is 24.5 Å². The van der Waals surface area contributed by atoms with E-state index in [1.165, 1.54) is 6.33 Å². The third kappa shape index (κ3) is 1.91. The number of pyridine rings is 1. The molecular formula is C13H13N5O. The van der Waals surface area contributed by atoms with E-state index in [9.17, 15) is 4.79 Å². The maximum absolute atomic E-state index is 12.4. The summed E-state index contributed by atoms with van der Waals surface area (Å²) in [4.78, 5) is 28.1. The second kappa shape index (κ2) is 4.31. The summed E-state index contributed by atoms with van der Waals surface area (Å²) in [5, 5.41) is 0.514. The van der Waals surface area contributed by atoms with Crippen molar-refractivity contribution in [2.24, 2.45) is 0 Å². The van der Waals surface area contributed by atoms with E-state index in [-0.39, 0.29) is 11.6 Å². The van der Waals surface area contributed by atoms with Crippen molar-refractivity contribution in [3.63, 3.8) is 0 Å². The number of rotatable bonds is 2. The van der Waals surface area contributed by atoms with E-state index in [0.717, 1.165) is 11.5 Å². The van der Waals surface area contributed by atoms with Crippen molar-refractivity contribution in [1.29, 1.82) is 0 Å². The van der Waals surface area contributed by atoms with Crippen LogP contribution in [0.25, 0.3) is 11.0 Å². The Morgan fingerprint density at radius 3 is 2.89 bits per heavy atom. The van der Waals surface area contributed by atoms with Crippen LogP contribution in [0, 0.1) is 6.92 Å². The van der Waals surface area contributed by atoms with Gasteiger partial charge in [0.2, 0.25) is 0 Å². The lowest BCUT2D eigenvalue weighted by Gasteiger charge is -2.12. The van der Waals surface area contributed by atoms with Gasteiger partial charge in [-0.05, 0) is 26.0 Å². The highest BCUT2D eigenvalue weighted by Crippen LogP contribution is 2.13. The number of H-pyrrole nitrogens is 1. The molecule has 6 nitrogen and oxygen atoms in total. The molecule has 1 atom stereocenters. The van der Waals surface area contributed by atoms with Gasteiger partial charge in [0.05, 0.1) is 11.4 Å². The lowest BCUT2D eigenvalue weighted by atomic mass is 10.3. The minimum Gasteiger partial charge on any atom is -0.344 e. The first kappa shape index (κ1) is 11.6. The monoisotopic (exact) mass is 255 g/mol. The minimum atomic E-state index is -0.196. The molecule has 6 heteroatoms. The third-order valence-corrected chi connectivity index (χ3v) is 3.09. The van der Waals surface area contributed by atoms with Gasteiger partial charge in [-0.3, -0.25) is 9.36 Å². The summed E-state index contributed by atoms with van der Waals surface area (Å²) in [6, 6.07) is 3.27. The van der Waals surface area contributed by atoms with Crippen molar-refractivity contribution in [3.05, 3.63) is 52.7 Å². The normalized spacial score (nSPS) is 12.7. The van der Waals surface area contributed by atoms with Gasteiger partial charge in [0.25, 0.3) is 5.56 Å². The number of nitrogens with one attached hydrogen (secondary N) is 1. The fourth-order valence-corrected chi connectivity index (χ4v) is 2.03. The maximum atomic E-state index is 12.4. The van der Waals surface area contributed by atoms with E-state index in [2.05, 4.69) is 19.9 Å². The van der Waals surface area contributed by atoms with Crippen molar-refractivity contribution >= 4 is 11.0 Å². The van der Waals surface area contributed by atoms with Crippen molar-refractivity contribution in [2.45, 2.75) is 19.9 Å². The number of hydrogen-bond donors (Lipinski definition) is 1. The van der Waals surface area contributed by atoms with E-state index < -0.39 is 0 Å². The molecule has 0 saturated heterocycles. The summed E-state index contributed by atoms with van der Waals surface area (Å²) in [7, 11) is 0. The first-order chi connectivity index (χ1) is 9.16. The summed E-state index contributed by atoms with van der Waals surface area (Å²) >= 11 is 0. The Bertz CT molecular complexity index is 789. The predicted octanol–water partition coefficient (Wildman–Crippen LogP) is 1.43. The molecule has 1 unspecified atom stereocenters. The van der Waals surface area contributed by atoms with Crippen molar-refractivity contribution in [3.8, 4) is 0 Å². The Labute approximate surface area is 109 Å². The van der Waals surface area contributed by atoms with Gasteiger partial charge in [0.15, 0.2) is 5.65 Å². The van der Waals surface area contributed by atoms with E-state index in [1.807, 2.05) is 13.8 Å². The highest BCUT2D eigenvalue weighted by Gasteiger charge is 2.14. The molecule has 0 aromatic carbocycles. The molecule has 0 aliphatic heterocycles. The summed E-state index contributed by atoms with van der Waals surface area (Å²) in [5.41, 5.74) is 1.32. The molecule has 0 radical (unpaired) electrons. The van der Waals surface area contributed by atoms with Crippen LogP contribution in [0.5, 0.6) is 0 Å². The number of aromatic nitrogens is 5. The van der Waals surface area contributed by atoms with Gasteiger partial charge in [-0.25, -0.2) is 15.0 Å². The predicted molar refractivity (Wildman–Crippen MR) is 70.9 cm³/mol. The molecule has 3 rings (SSSR count). The average Bonchev–Trinajstić information content (AvgIpc) is 2.85. The van der Waals surface area contributed by atoms with Crippen LogP contribution in [0.1, 0.15) is 24.5 Å². The highest BCUT2D eigenvalue weighted by molar-refractivity contribution is 5.72. The van der Waals surface area contributed by atoms with Crippen molar-refractivity contribution in [2.75, 3.05) is 0 Å². The highest BCUT2D eigenvalue weighted by atomic mass is 16.1. The van der Waals surface area contributed by atoms with Gasteiger partial charge in [-0.2, -0.15) is 0 Å². The zero-order valence-electron chi connectivity index (χ0n) is 10.7. The summed E-state index contributed by atoms with van der Waals surface area (Å²) in [6.07, 6.45) is 4.88. The first-order valence-electron chi connectivity index (χ1n) is 6.00. The topological polar surface area (TPSA) is 76.5 Å². The molecule has 3 heterocycles. The Hall–Kier alpha value is -2.50. The molecule has 0 spiro atoms. The SMILES string of the molecule is Cc1cnc(C(C)n2cnc3ncccc3c2=O)[nH]1. The number of imidazole rings is 1. The molecule has 0 bridgehead atoms. The molecule has 0 amide bonds. The Balaban J connectivity index is 2.15. The number of aromatic amines is 1. The van der Waals surface area contributed by atoms with Crippen molar-refractivity contribution < 1.29 is 0 Å². The molecule has 0 fully saturated rings. The molecule has 3 aromatic rings.